The first-order valence-electron chi connectivity index (χ1n) is 5.68. The van der Waals surface area contributed by atoms with E-state index in [0.717, 1.165) is 18.7 Å². The van der Waals surface area contributed by atoms with Crippen LogP contribution in [0.15, 0.2) is 24.3 Å². The van der Waals surface area contributed by atoms with Crippen LogP contribution in [0.3, 0.4) is 0 Å². The number of rotatable bonds is 5. The van der Waals surface area contributed by atoms with E-state index in [4.69, 9.17) is 10.5 Å². The number of anilines is 1. The Morgan fingerprint density at radius 1 is 1.18 bits per heavy atom. The van der Waals surface area contributed by atoms with Crippen LogP contribution in [0.5, 0.6) is 0 Å². The first-order chi connectivity index (χ1) is 8.07. The summed E-state index contributed by atoms with van der Waals surface area (Å²) >= 11 is 0. The maximum Gasteiger partial charge on any atom is 0.0991 e. The zero-order valence-corrected chi connectivity index (χ0v) is 10.3. The van der Waals surface area contributed by atoms with Gasteiger partial charge in [-0.15, -0.1) is 0 Å². The van der Waals surface area contributed by atoms with E-state index in [1.807, 2.05) is 12.1 Å². The highest BCUT2D eigenvalue weighted by molar-refractivity contribution is 5.47. The van der Waals surface area contributed by atoms with Crippen molar-refractivity contribution >= 4 is 5.69 Å². The number of nitrogens with one attached hydrogen (secondary N) is 1. The lowest BCUT2D eigenvalue weighted by Gasteiger charge is -2.24. The highest BCUT2D eigenvalue weighted by atomic mass is 14.9. The number of hydrogen-bond donors (Lipinski definition) is 1. The van der Waals surface area contributed by atoms with Crippen LogP contribution in [-0.4, -0.2) is 6.54 Å². The molecule has 0 amide bonds. The van der Waals surface area contributed by atoms with E-state index in [9.17, 15) is 0 Å². The van der Waals surface area contributed by atoms with Crippen molar-refractivity contribution in [2.45, 2.75) is 26.7 Å². The molecule has 0 aliphatic heterocycles. The van der Waals surface area contributed by atoms with Gasteiger partial charge in [-0.25, -0.2) is 0 Å². The lowest BCUT2D eigenvalue weighted by molar-refractivity contribution is 0.364. The van der Waals surface area contributed by atoms with Crippen LogP contribution in [0.25, 0.3) is 0 Å². The minimum absolute atomic E-state index is 0.101. The average Bonchev–Trinajstić information content (AvgIpc) is 2.35. The third-order valence-electron chi connectivity index (χ3n) is 2.70. The van der Waals surface area contributed by atoms with Gasteiger partial charge in [0, 0.05) is 18.7 Å². The van der Waals surface area contributed by atoms with Gasteiger partial charge in [-0.05, 0) is 36.1 Å². The molecule has 3 heteroatoms. The second-order valence-electron chi connectivity index (χ2n) is 4.87. The Kier molecular flexibility index (Phi) is 4.55. The van der Waals surface area contributed by atoms with Crippen LogP contribution in [0.4, 0.5) is 5.69 Å². The molecule has 0 saturated heterocycles. The number of benzene rings is 1. The van der Waals surface area contributed by atoms with Gasteiger partial charge in [-0.1, -0.05) is 13.8 Å². The Hall–Kier alpha value is -2.00. The topological polar surface area (TPSA) is 59.6 Å². The van der Waals surface area contributed by atoms with Crippen LogP contribution in [0.2, 0.25) is 0 Å². The van der Waals surface area contributed by atoms with Gasteiger partial charge in [0.05, 0.1) is 17.7 Å². The first-order valence-corrected chi connectivity index (χ1v) is 5.68. The van der Waals surface area contributed by atoms with E-state index in [0.29, 0.717) is 12.0 Å². The summed E-state index contributed by atoms with van der Waals surface area (Å²) in [7, 11) is 0. The second kappa shape index (κ2) is 5.92. The summed E-state index contributed by atoms with van der Waals surface area (Å²) in [4.78, 5) is 0. The predicted molar refractivity (Wildman–Crippen MR) is 68.3 cm³/mol. The van der Waals surface area contributed by atoms with Gasteiger partial charge >= 0.3 is 0 Å². The van der Waals surface area contributed by atoms with Gasteiger partial charge in [0.25, 0.3) is 0 Å². The number of nitrogens with zero attached hydrogens (tertiary/aromatic N) is 2. The largest absolute Gasteiger partial charge is 0.385 e. The molecule has 3 nitrogen and oxygen atoms in total. The van der Waals surface area contributed by atoms with Gasteiger partial charge < -0.3 is 5.32 Å². The highest BCUT2D eigenvalue weighted by Crippen LogP contribution is 2.22. The van der Waals surface area contributed by atoms with Crippen LogP contribution in [0.1, 0.15) is 32.3 Å². The smallest absolute Gasteiger partial charge is 0.0991 e. The summed E-state index contributed by atoms with van der Waals surface area (Å²) in [5.41, 5.74) is 1.78. The third kappa shape index (κ3) is 4.57. The van der Waals surface area contributed by atoms with Gasteiger partial charge in [-0.3, -0.25) is 0 Å². The molecule has 17 heavy (non-hydrogen) atoms. The Labute approximate surface area is 103 Å². The third-order valence-corrected chi connectivity index (χ3v) is 2.70. The van der Waals surface area contributed by atoms with E-state index < -0.39 is 0 Å². The summed E-state index contributed by atoms with van der Waals surface area (Å²) in [6.45, 7) is 5.10. The fourth-order valence-electron chi connectivity index (χ4n) is 1.49. The Morgan fingerprint density at radius 2 is 1.82 bits per heavy atom. The van der Waals surface area contributed by atoms with Crippen molar-refractivity contribution < 1.29 is 0 Å². The van der Waals surface area contributed by atoms with Crippen molar-refractivity contribution in [3.8, 4) is 12.1 Å². The zero-order valence-electron chi connectivity index (χ0n) is 10.3. The van der Waals surface area contributed by atoms with E-state index in [1.54, 1.807) is 12.1 Å². The Balaban J connectivity index is 2.50. The standard InChI is InChI=1S/C14H17N3/c1-14(2,8-3-9-15)11-17-13-6-4-12(10-16)5-7-13/h4-7,17H,3,8,11H2,1-2H3. The highest BCUT2D eigenvalue weighted by Gasteiger charge is 2.16. The molecule has 0 atom stereocenters. The quantitative estimate of drug-likeness (QED) is 0.839. The molecule has 0 aliphatic carbocycles. The molecule has 1 N–H and O–H groups in total. The molecular formula is C14H17N3. The Bertz CT molecular complexity index is 432. The molecule has 1 aromatic carbocycles. The number of hydrogen-bond acceptors (Lipinski definition) is 3. The van der Waals surface area contributed by atoms with Crippen molar-refractivity contribution in [3.63, 3.8) is 0 Å². The average molecular weight is 227 g/mol. The van der Waals surface area contributed by atoms with Gasteiger partial charge in [-0.2, -0.15) is 10.5 Å². The molecule has 1 rings (SSSR count). The molecule has 0 radical (unpaired) electrons. The van der Waals surface area contributed by atoms with Crippen molar-refractivity contribution in [2.75, 3.05) is 11.9 Å². The summed E-state index contributed by atoms with van der Waals surface area (Å²) in [5, 5.41) is 20.6. The minimum atomic E-state index is 0.101. The minimum Gasteiger partial charge on any atom is -0.385 e. The molecule has 0 saturated carbocycles. The summed E-state index contributed by atoms with van der Waals surface area (Å²) in [6.07, 6.45) is 1.47. The second-order valence-corrected chi connectivity index (χ2v) is 4.87. The number of nitriles is 2. The molecule has 0 heterocycles. The molecule has 1 aromatic rings. The van der Waals surface area contributed by atoms with Crippen molar-refractivity contribution in [1.82, 2.24) is 0 Å². The maximum absolute atomic E-state index is 8.68. The molecular weight excluding hydrogens is 210 g/mol. The fourth-order valence-corrected chi connectivity index (χ4v) is 1.49. The van der Waals surface area contributed by atoms with E-state index >= 15 is 0 Å². The van der Waals surface area contributed by atoms with E-state index in [-0.39, 0.29) is 5.41 Å². The SMILES string of the molecule is CC(C)(CCC#N)CNc1ccc(C#N)cc1. The van der Waals surface area contributed by atoms with Gasteiger partial charge in [0.1, 0.15) is 0 Å². The normalized spacial score (nSPS) is 10.4. The van der Waals surface area contributed by atoms with Crippen LogP contribution in [0, 0.1) is 28.1 Å². The first kappa shape index (κ1) is 13.1. The van der Waals surface area contributed by atoms with Crippen LogP contribution >= 0.6 is 0 Å². The maximum atomic E-state index is 8.68. The molecule has 0 bridgehead atoms. The molecule has 0 unspecified atom stereocenters. The summed E-state index contributed by atoms with van der Waals surface area (Å²) in [5.74, 6) is 0. The Morgan fingerprint density at radius 3 is 2.35 bits per heavy atom. The summed E-state index contributed by atoms with van der Waals surface area (Å²) in [6, 6.07) is 11.7. The van der Waals surface area contributed by atoms with Crippen molar-refractivity contribution in [2.24, 2.45) is 5.41 Å². The molecule has 0 spiro atoms. The fraction of sp³-hybridized carbons (Fsp3) is 0.429. The zero-order chi connectivity index (χ0) is 12.7. The van der Waals surface area contributed by atoms with Gasteiger partial charge in [0.2, 0.25) is 0 Å². The molecule has 0 fully saturated rings. The van der Waals surface area contributed by atoms with Crippen molar-refractivity contribution in [3.05, 3.63) is 29.8 Å². The molecule has 0 aliphatic rings. The predicted octanol–water partition coefficient (Wildman–Crippen LogP) is 3.30. The summed E-state index contributed by atoms with van der Waals surface area (Å²) < 4.78 is 0. The van der Waals surface area contributed by atoms with E-state index in [2.05, 4.69) is 31.3 Å². The lowest BCUT2D eigenvalue weighted by Crippen LogP contribution is -2.22. The van der Waals surface area contributed by atoms with E-state index in [1.165, 1.54) is 0 Å². The lowest BCUT2D eigenvalue weighted by atomic mass is 9.88. The van der Waals surface area contributed by atoms with Crippen molar-refractivity contribution in [1.29, 1.82) is 10.5 Å². The van der Waals surface area contributed by atoms with Gasteiger partial charge in [0.15, 0.2) is 0 Å². The van der Waals surface area contributed by atoms with Crippen LogP contribution < -0.4 is 5.32 Å². The molecule has 0 aromatic heterocycles. The van der Waals surface area contributed by atoms with Crippen LogP contribution in [-0.2, 0) is 0 Å². The molecule has 88 valence electrons. The monoisotopic (exact) mass is 227 g/mol.